The molecule has 0 saturated carbocycles. The average Bonchev–Trinajstić information content (AvgIpc) is 3.14. The number of aryl methyl sites for hydroxylation is 1. The lowest BCUT2D eigenvalue weighted by Crippen LogP contribution is -2.35. The number of carbonyl (C=O) groups excluding carboxylic acids is 1. The first-order valence-electron chi connectivity index (χ1n) is 8.57. The van der Waals surface area contributed by atoms with E-state index in [2.05, 4.69) is 15.4 Å². The number of carbonyl (C=O) groups is 1. The van der Waals surface area contributed by atoms with Gasteiger partial charge in [-0.2, -0.15) is 4.98 Å². The standard InChI is InChI=1S/C19H24N4O2S/c1-12-15(10-11-20-17(24)19(2,3)4)26-18-21-16(22-23(12)18)13-6-8-14(25-5)9-7-13/h6-9H,10-11H2,1-5H3,(H,20,24). The van der Waals surface area contributed by atoms with Gasteiger partial charge in [-0.05, 0) is 31.2 Å². The highest BCUT2D eigenvalue weighted by atomic mass is 32.1. The summed E-state index contributed by atoms with van der Waals surface area (Å²) in [5.74, 6) is 1.58. The number of hydrogen-bond donors (Lipinski definition) is 1. The normalized spacial score (nSPS) is 11.7. The first-order valence-corrected chi connectivity index (χ1v) is 9.39. The molecule has 7 heteroatoms. The van der Waals surface area contributed by atoms with Crippen molar-refractivity contribution in [2.24, 2.45) is 5.41 Å². The maximum absolute atomic E-state index is 12.0. The van der Waals surface area contributed by atoms with Gasteiger partial charge in [0.2, 0.25) is 10.9 Å². The van der Waals surface area contributed by atoms with Crippen molar-refractivity contribution in [3.63, 3.8) is 0 Å². The number of methoxy groups -OCH3 is 1. The zero-order chi connectivity index (χ0) is 18.9. The minimum atomic E-state index is -0.367. The molecular formula is C19H24N4O2S. The van der Waals surface area contributed by atoms with E-state index in [0.29, 0.717) is 12.4 Å². The molecule has 0 aliphatic rings. The van der Waals surface area contributed by atoms with E-state index in [1.807, 2.05) is 56.5 Å². The number of nitrogens with one attached hydrogen (secondary N) is 1. The van der Waals surface area contributed by atoms with Crippen molar-refractivity contribution in [3.8, 4) is 17.1 Å². The lowest BCUT2D eigenvalue weighted by Gasteiger charge is -2.17. The smallest absolute Gasteiger partial charge is 0.225 e. The van der Waals surface area contributed by atoms with Crippen LogP contribution in [0, 0.1) is 12.3 Å². The topological polar surface area (TPSA) is 68.5 Å². The van der Waals surface area contributed by atoms with Crippen molar-refractivity contribution in [2.45, 2.75) is 34.1 Å². The van der Waals surface area contributed by atoms with Crippen LogP contribution in [-0.2, 0) is 11.2 Å². The second kappa shape index (κ2) is 7.07. The summed E-state index contributed by atoms with van der Waals surface area (Å²) in [6.07, 6.45) is 0.779. The van der Waals surface area contributed by atoms with Gasteiger partial charge in [-0.1, -0.05) is 32.1 Å². The van der Waals surface area contributed by atoms with Gasteiger partial charge in [-0.25, -0.2) is 4.52 Å². The molecule has 1 aromatic carbocycles. The van der Waals surface area contributed by atoms with Crippen LogP contribution in [0.1, 0.15) is 31.3 Å². The molecule has 138 valence electrons. The molecule has 0 aliphatic carbocycles. The Bertz CT molecular complexity index is 920. The third-order valence-corrected chi connectivity index (χ3v) is 5.37. The van der Waals surface area contributed by atoms with Gasteiger partial charge in [0.25, 0.3) is 0 Å². The van der Waals surface area contributed by atoms with Gasteiger partial charge < -0.3 is 10.1 Å². The first kappa shape index (κ1) is 18.4. The van der Waals surface area contributed by atoms with Crippen molar-refractivity contribution in [2.75, 3.05) is 13.7 Å². The van der Waals surface area contributed by atoms with E-state index in [-0.39, 0.29) is 11.3 Å². The molecule has 1 amide bonds. The Morgan fingerprint density at radius 1 is 1.27 bits per heavy atom. The number of thiazole rings is 1. The Hall–Kier alpha value is -2.41. The Kier molecular flexibility index (Phi) is 5.00. The summed E-state index contributed by atoms with van der Waals surface area (Å²) in [6, 6.07) is 7.72. The van der Waals surface area contributed by atoms with Gasteiger partial charge >= 0.3 is 0 Å². The van der Waals surface area contributed by atoms with Gasteiger partial charge in [-0.3, -0.25) is 4.79 Å². The molecule has 0 aliphatic heterocycles. The molecule has 0 radical (unpaired) electrons. The largest absolute Gasteiger partial charge is 0.497 e. The number of benzene rings is 1. The molecule has 1 N–H and O–H groups in total. The molecule has 3 aromatic rings. The second-order valence-corrected chi connectivity index (χ2v) is 8.29. The van der Waals surface area contributed by atoms with Crippen molar-refractivity contribution >= 4 is 22.2 Å². The number of amides is 1. The van der Waals surface area contributed by atoms with E-state index in [4.69, 9.17) is 4.74 Å². The maximum atomic E-state index is 12.0. The third-order valence-electron chi connectivity index (χ3n) is 4.18. The Morgan fingerprint density at radius 2 is 1.96 bits per heavy atom. The van der Waals surface area contributed by atoms with Crippen molar-refractivity contribution in [1.29, 1.82) is 0 Å². The fourth-order valence-corrected chi connectivity index (χ4v) is 3.59. The predicted molar refractivity (Wildman–Crippen MR) is 104 cm³/mol. The van der Waals surface area contributed by atoms with Gasteiger partial charge in [0.15, 0.2) is 5.82 Å². The van der Waals surface area contributed by atoms with Crippen LogP contribution in [0.5, 0.6) is 5.75 Å². The van der Waals surface area contributed by atoms with Crippen LogP contribution in [0.3, 0.4) is 0 Å². The highest BCUT2D eigenvalue weighted by molar-refractivity contribution is 7.17. The summed E-state index contributed by atoms with van der Waals surface area (Å²) in [5.41, 5.74) is 1.66. The summed E-state index contributed by atoms with van der Waals surface area (Å²) in [4.78, 5) is 18.7. The number of ether oxygens (including phenoxy) is 1. The number of hydrogen-bond acceptors (Lipinski definition) is 5. The highest BCUT2D eigenvalue weighted by Crippen LogP contribution is 2.26. The molecule has 0 atom stereocenters. The number of rotatable bonds is 5. The quantitative estimate of drug-likeness (QED) is 0.744. The van der Waals surface area contributed by atoms with Crippen molar-refractivity contribution in [3.05, 3.63) is 34.8 Å². The Balaban J connectivity index is 1.73. The van der Waals surface area contributed by atoms with Crippen LogP contribution in [0.2, 0.25) is 0 Å². The van der Waals surface area contributed by atoms with Crippen LogP contribution in [0.15, 0.2) is 24.3 Å². The first-order chi connectivity index (χ1) is 12.3. The van der Waals surface area contributed by atoms with E-state index >= 15 is 0 Å². The fraction of sp³-hybridized carbons (Fsp3) is 0.421. The summed E-state index contributed by atoms with van der Waals surface area (Å²) in [7, 11) is 1.65. The van der Waals surface area contributed by atoms with Gasteiger partial charge in [-0.15, -0.1) is 5.10 Å². The lowest BCUT2D eigenvalue weighted by molar-refractivity contribution is -0.128. The molecule has 3 rings (SSSR count). The zero-order valence-corrected chi connectivity index (χ0v) is 16.6. The van der Waals surface area contributed by atoms with Gasteiger partial charge in [0.1, 0.15) is 5.75 Å². The van der Waals surface area contributed by atoms with E-state index in [1.54, 1.807) is 18.4 Å². The average molecular weight is 372 g/mol. The van der Waals surface area contributed by atoms with E-state index in [9.17, 15) is 4.79 Å². The van der Waals surface area contributed by atoms with Crippen LogP contribution >= 0.6 is 11.3 Å². The highest BCUT2D eigenvalue weighted by Gasteiger charge is 2.21. The molecule has 0 unspecified atom stereocenters. The number of fused-ring (bicyclic) bond motifs is 1. The maximum Gasteiger partial charge on any atom is 0.225 e. The van der Waals surface area contributed by atoms with Gasteiger partial charge in [0, 0.05) is 28.8 Å². The third kappa shape index (κ3) is 3.72. The molecule has 2 aromatic heterocycles. The molecule has 0 fully saturated rings. The summed E-state index contributed by atoms with van der Waals surface area (Å²) in [5, 5.41) is 7.62. The van der Waals surface area contributed by atoms with Crippen LogP contribution < -0.4 is 10.1 Å². The minimum Gasteiger partial charge on any atom is -0.497 e. The number of aromatic nitrogens is 3. The Morgan fingerprint density at radius 3 is 2.54 bits per heavy atom. The van der Waals surface area contributed by atoms with E-state index in [0.717, 1.165) is 28.4 Å². The lowest BCUT2D eigenvalue weighted by atomic mass is 9.96. The molecular weight excluding hydrogens is 348 g/mol. The number of nitrogens with zero attached hydrogens (tertiary/aromatic N) is 3. The van der Waals surface area contributed by atoms with Crippen molar-refractivity contribution < 1.29 is 9.53 Å². The predicted octanol–water partition coefficient (Wildman–Crippen LogP) is 3.48. The van der Waals surface area contributed by atoms with E-state index in [1.165, 1.54) is 4.88 Å². The second-order valence-electron chi connectivity index (χ2n) is 7.22. The molecule has 0 saturated heterocycles. The van der Waals surface area contributed by atoms with Crippen LogP contribution in [0.25, 0.3) is 16.3 Å². The SMILES string of the molecule is COc1ccc(-c2nc3sc(CCNC(=O)C(C)(C)C)c(C)n3n2)cc1. The Labute approximate surface area is 157 Å². The molecule has 0 spiro atoms. The van der Waals surface area contributed by atoms with Gasteiger partial charge in [0.05, 0.1) is 12.8 Å². The van der Waals surface area contributed by atoms with Crippen LogP contribution in [0.4, 0.5) is 0 Å². The van der Waals surface area contributed by atoms with E-state index < -0.39 is 0 Å². The summed E-state index contributed by atoms with van der Waals surface area (Å²) >= 11 is 1.62. The van der Waals surface area contributed by atoms with Crippen molar-refractivity contribution in [1.82, 2.24) is 19.9 Å². The zero-order valence-electron chi connectivity index (χ0n) is 15.8. The molecule has 6 nitrogen and oxygen atoms in total. The summed E-state index contributed by atoms with van der Waals surface area (Å²) < 4.78 is 7.07. The molecule has 0 bridgehead atoms. The minimum absolute atomic E-state index is 0.0661. The van der Waals surface area contributed by atoms with Crippen LogP contribution in [-0.4, -0.2) is 34.2 Å². The summed E-state index contributed by atoms with van der Waals surface area (Å²) in [6.45, 7) is 8.40. The fourth-order valence-electron chi connectivity index (χ4n) is 2.53. The molecule has 26 heavy (non-hydrogen) atoms. The molecule has 2 heterocycles. The monoisotopic (exact) mass is 372 g/mol.